The van der Waals surface area contributed by atoms with Gasteiger partial charge in [0.25, 0.3) is 0 Å². The summed E-state index contributed by atoms with van der Waals surface area (Å²) in [6, 6.07) is 0. The third-order valence-electron chi connectivity index (χ3n) is 1.53. The van der Waals surface area contributed by atoms with E-state index in [1.165, 1.54) is 0 Å². The molecule has 0 rings (SSSR count). The van der Waals surface area contributed by atoms with Crippen LogP contribution in [-0.2, 0) is 0 Å². The number of aliphatic hydroxyl groups excluding tert-OH is 3. The van der Waals surface area contributed by atoms with E-state index in [0.717, 1.165) is 34.9 Å². The Morgan fingerprint density at radius 2 is 0.938 bits per heavy atom. The van der Waals surface area contributed by atoms with Gasteiger partial charge in [0.05, 0.1) is 19.8 Å². The molecule has 0 saturated heterocycles. The predicted octanol–water partition coefficient (Wildman–Crippen LogP) is 0.337. The quantitative estimate of drug-likeness (QED) is 0.353. The molecule has 98 valence electrons. The highest BCUT2D eigenvalue weighted by molar-refractivity contribution is 8.00. The standard InChI is InChI=1S/C9H21NO3S3/c11-1-4-14-7-10(8-15-5-2-12)9-16-6-3-13/h11-13H,1-9H2. The Bertz CT molecular complexity index is 119. The van der Waals surface area contributed by atoms with Crippen LogP contribution in [0.1, 0.15) is 0 Å². The largest absolute Gasteiger partial charge is 0.396 e. The van der Waals surface area contributed by atoms with Crippen LogP contribution in [0.5, 0.6) is 0 Å². The molecule has 0 unspecified atom stereocenters. The molecule has 0 atom stereocenters. The third kappa shape index (κ3) is 11.4. The van der Waals surface area contributed by atoms with E-state index in [1.807, 2.05) is 0 Å². The van der Waals surface area contributed by atoms with Gasteiger partial charge in [-0.2, -0.15) is 0 Å². The van der Waals surface area contributed by atoms with E-state index in [9.17, 15) is 0 Å². The molecular weight excluding hydrogens is 266 g/mol. The van der Waals surface area contributed by atoms with Gasteiger partial charge < -0.3 is 15.3 Å². The van der Waals surface area contributed by atoms with Gasteiger partial charge in [-0.1, -0.05) is 0 Å². The second-order valence-corrected chi connectivity index (χ2v) is 6.18. The summed E-state index contributed by atoms with van der Waals surface area (Å²) in [5.41, 5.74) is 0. The van der Waals surface area contributed by atoms with Crippen molar-refractivity contribution >= 4 is 35.3 Å². The van der Waals surface area contributed by atoms with Crippen LogP contribution in [0.25, 0.3) is 0 Å². The van der Waals surface area contributed by atoms with Crippen LogP contribution in [-0.4, -0.2) is 74.9 Å². The Balaban J connectivity index is 3.58. The maximum atomic E-state index is 8.69. The third-order valence-corrected chi connectivity index (χ3v) is 4.59. The zero-order chi connectivity index (χ0) is 12.1. The molecule has 0 aromatic carbocycles. The van der Waals surface area contributed by atoms with E-state index in [2.05, 4.69) is 4.90 Å². The zero-order valence-electron chi connectivity index (χ0n) is 9.38. The molecular formula is C9H21NO3S3. The highest BCUT2D eigenvalue weighted by Gasteiger charge is 2.04. The molecule has 0 bridgehead atoms. The summed E-state index contributed by atoms with van der Waals surface area (Å²) in [6.45, 7) is 0.643. The summed E-state index contributed by atoms with van der Waals surface area (Å²) >= 11 is 5.11. The van der Waals surface area contributed by atoms with Crippen LogP contribution in [0.2, 0.25) is 0 Å². The summed E-state index contributed by atoms with van der Waals surface area (Å²) in [4.78, 5) is 2.25. The summed E-state index contributed by atoms with van der Waals surface area (Å²) in [5, 5.41) is 26.1. The molecule has 4 nitrogen and oxygen atoms in total. The predicted molar refractivity (Wildman–Crippen MR) is 75.1 cm³/mol. The second kappa shape index (κ2) is 14.0. The van der Waals surface area contributed by atoms with Gasteiger partial charge in [0.1, 0.15) is 0 Å². The maximum absolute atomic E-state index is 8.69. The lowest BCUT2D eigenvalue weighted by molar-refractivity contribution is 0.321. The van der Waals surface area contributed by atoms with E-state index in [0.29, 0.717) is 0 Å². The zero-order valence-corrected chi connectivity index (χ0v) is 11.8. The first-order valence-electron chi connectivity index (χ1n) is 5.13. The topological polar surface area (TPSA) is 63.9 Å². The Hall–Kier alpha value is 0.890. The van der Waals surface area contributed by atoms with Crippen molar-refractivity contribution in [3.05, 3.63) is 0 Å². The molecule has 0 fully saturated rings. The minimum Gasteiger partial charge on any atom is -0.396 e. The van der Waals surface area contributed by atoms with Gasteiger partial charge in [0.2, 0.25) is 0 Å². The molecule has 0 aliphatic heterocycles. The number of rotatable bonds is 12. The Kier molecular flexibility index (Phi) is 14.7. The van der Waals surface area contributed by atoms with Gasteiger partial charge in [0, 0.05) is 34.9 Å². The van der Waals surface area contributed by atoms with Gasteiger partial charge in [0.15, 0.2) is 0 Å². The summed E-state index contributed by atoms with van der Waals surface area (Å²) in [7, 11) is 0. The van der Waals surface area contributed by atoms with E-state index >= 15 is 0 Å². The van der Waals surface area contributed by atoms with Gasteiger partial charge >= 0.3 is 0 Å². The first-order valence-corrected chi connectivity index (χ1v) is 8.59. The average Bonchev–Trinajstić information content (AvgIpc) is 2.29. The summed E-state index contributed by atoms with van der Waals surface area (Å²) < 4.78 is 0. The van der Waals surface area contributed by atoms with Crippen molar-refractivity contribution in [2.75, 3.05) is 54.7 Å². The van der Waals surface area contributed by atoms with Gasteiger partial charge in [-0.15, -0.1) is 35.3 Å². The van der Waals surface area contributed by atoms with Crippen LogP contribution in [0.15, 0.2) is 0 Å². The molecule has 0 aromatic heterocycles. The van der Waals surface area contributed by atoms with Crippen LogP contribution in [0.3, 0.4) is 0 Å². The lowest BCUT2D eigenvalue weighted by Gasteiger charge is -2.20. The fraction of sp³-hybridized carbons (Fsp3) is 1.00. The van der Waals surface area contributed by atoms with Crippen LogP contribution in [0, 0.1) is 0 Å². The molecule has 0 saturated carbocycles. The minimum atomic E-state index is 0.214. The van der Waals surface area contributed by atoms with Crippen molar-refractivity contribution in [2.45, 2.75) is 0 Å². The van der Waals surface area contributed by atoms with Crippen molar-refractivity contribution in [3.63, 3.8) is 0 Å². The number of hydrogen-bond acceptors (Lipinski definition) is 7. The second-order valence-electron chi connectivity index (χ2n) is 2.95. The monoisotopic (exact) mass is 287 g/mol. The normalized spacial score (nSPS) is 11.2. The number of thioether (sulfide) groups is 3. The number of nitrogens with zero attached hydrogens (tertiary/aromatic N) is 1. The molecule has 16 heavy (non-hydrogen) atoms. The molecule has 7 heteroatoms. The van der Waals surface area contributed by atoms with Crippen LogP contribution < -0.4 is 0 Å². The molecule has 0 heterocycles. The van der Waals surface area contributed by atoms with Crippen LogP contribution in [0.4, 0.5) is 0 Å². The van der Waals surface area contributed by atoms with Crippen molar-refractivity contribution < 1.29 is 15.3 Å². The van der Waals surface area contributed by atoms with Crippen molar-refractivity contribution in [2.24, 2.45) is 0 Å². The molecule has 0 spiro atoms. The van der Waals surface area contributed by atoms with E-state index < -0.39 is 0 Å². The molecule has 0 aliphatic carbocycles. The van der Waals surface area contributed by atoms with Crippen molar-refractivity contribution in [3.8, 4) is 0 Å². The van der Waals surface area contributed by atoms with Crippen molar-refractivity contribution in [1.29, 1.82) is 0 Å². The summed E-state index contributed by atoms with van der Waals surface area (Å²) in [6.07, 6.45) is 0. The molecule has 3 N–H and O–H groups in total. The van der Waals surface area contributed by atoms with E-state index in [4.69, 9.17) is 15.3 Å². The summed E-state index contributed by atoms with van der Waals surface area (Å²) in [5.74, 6) is 4.93. The van der Waals surface area contributed by atoms with Gasteiger partial charge in [-0.3, -0.25) is 4.90 Å². The smallest absolute Gasteiger partial charge is 0.0522 e. The lowest BCUT2D eigenvalue weighted by atomic mass is 10.9. The highest BCUT2D eigenvalue weighted by Crippen LogP contribution is 2.13. The molecule has 0 radical (unpaired) electrons. The van der Waals surface area contributed by atoms with Gasteiger partial charge in [-0.05, 0) is 0 Å². The first kappa shape index (κ1) is 16.9. The average molecular weight is 287 g/mol. The maximum Gasteiger partial charge on any atom is 0.0522 e. The van der Waals surface area contributed by atoms with Crippen molar-refractivity contribution in [1.82, 2.24) is 4.90 Å². The number of hydrogen-bond donors (Lipinski definition) is 3. The van der Waals surface area contributed by atoms with Crippen LogP contribution >= 0.6 is 35.3 Å². The first-order chi connectivity index (χ1) is 7.85. The van der Waals surface area contributed by atoms with E-state index in [1.54, 1.807) is 35.3 Å². The highest BCUT2D eigenvalue weighted by atomic mass is 32.2. The van der Waals surface area contributed by atoms with E-state index in [-0.39, 0.29) is 19.8 Å². The molecule has 0 aliphatic rings. The Morgan fingerprint density at radius 3 is 1.19 bits per heavy atom. The Morgan fingerprint density at radius 1 is 0.625 bits per heavy atom. The lowest BCUT2D eigenvalue weighted by Crippen LogP contribution is -2.23. The minimum absolute atomic E-state index is 0.214. The SMILES string of the molecule is OCCSCN(CSCCO)CSCCO. The molecule has 0 aromatic rings. The fourth-order valence-electron chi connectivity index (χ4n) is 0.886. The number of aliphatic hydroxyl groups is 3. The van der Waals surface area contributed by atoms with Gasteiger partial charge in [-0.25, -0.2) is 0 Å². The fourth-order valence-corrected chi connectivity index (χ4v) is 3.33. The molecule has 0 amide bonds. The Labute approximate surface area is 110 Å².